The quantitative estimate of drug-likeness (QED) is 0.876. The largest absolute Gasteiger partial charge is 0.390 e. The molecule has 0 atom stereocenters. The molecule has 0 saturated carbocycles. The van der Waals surface area contributed by atoms with Crippen LogP contribution in [0.4, 0.5) is 5.69 Å². The number of anilines is 1. The number of nitrogens with one attached hydrogen (secondary N) is 1. The Bertz CT molecular complexity index is 692. The van der Waals surface area contributed by atoms with Gasteiger partial charge in [0.25, 0.3) is 10.0 Å². The Hall–Kier alpha value is -1.86. The van der Waals surface area contributed by atoms with Crippen LogP contribution in [0.3, 0.4) is 0 Å². The Kier molecular flexibility index (Phi) is 3.59. The van der Waals surface area contributed by atoms with Gasteiger partial charge in [-0.3, -0.25) is 9.71 Å². The molecule has 102 valence electrons. The number of rotatable bonds is 4. The molecule has 0 fully saturated rings. The lowest BCUT2D eigenvalue weighted by atomic mass is 10.3. The van der Waals surface area contributed by atoms with Crippen molar-refractivity contribution in [1.82, 2.24) is 9.55 Å². The standard InChI is InChI=1S/C12H15N3O3S/c1-9-12(4-3-5-13-9)14-19(17,18)11-6-10(8-16)15(2)7-11/h3-7,14,16H,8H2,1-2H3. The van der Waals surface area contributed by atoms with Crippen LogP contribution in [0.5, 0.6) is 0 Å². The van der Waals surface area contributed by atoms with E-state index in [1.807, 2.05) is 0 Å². The first-order chi connectivity index (χ1) is 8.94. The molecule has 0 aromatic carbocycles. The van der Waals surface area contributed by atoms with Crippen molar-refractivity contribution in [3.05, 3.63) is 42.0 Å². The lowest BCUT2D eigenvalue weighted by Crippen LogP contribution is -2.13. The zero-order valence-corrected chi connectivity index (χ0v) is 11.5. The smallest absolute Gasteiger partial charge is 0.263 e. The number of aryl methyl sites for hydroxylation is 2. The van der Waals surface area contributed by atoms with Gasteiger partial charge in [-0.15, -0.1) is 0 Å². The van der Waals surface area contributed by atoms with E-state index in [9.17, 15) is 8.42 Å². The van der Waals surface area contributed by atoms with E-state index in [0.717, 1.165) is 0 Å². The van der Waals surface area contributed by atoms with Crippen LogP contribution >= 0.6 is 0 Å². The highest BCUT2D eigenvalue weighted by molar-refractivity contribution is 7.92. The summed E-state index contributed by atoms with van der Waals surface area (Å²) in [6, 6.07) is 4.75. The summed E-state index contributed by atoms with van der Waals surface area (Å²) in [6.07, 6.45) is 3.05. The van der Waals surface area contributed by atoms with Crippen LogP contribution < -0.4 is 4.72 Å². The Morgan fingerprint density at radius 3 is 2.79 bits per heavy atom. The van der Waals surface area contributed by atoms with Gasteiger partial charge in [0.15, 0.2) is 0 Å². The average molecular weight is 281 g/mol. The maximum atomic E-state index is 12.2. The van der Waals surface area contributed by atoms with Crippen molar-refractivity contribution in [2.45, 2.75) is 18.4 Å². The fraction of sp³-hybridized carbons (Fsp3) is 0.250. The van der Waals surface area contributed by atoms with Gasteiger partial charge in [-0.2, -0.15) is 0 Å². The molecule has 2 aromatic rings. The maximum absolute atomic E-state index is 12.2. The number of sulfonamides is 1. The second-order valence-electron chi connectivity index (χ2n) is 4.18. The second-order valence-corrected chi connectivity index (χ2v) is 5.86. The molecule has 0 saturated heterocycles. The summed E-state index contributed by atoms with van der Waals surface area (Å²) in [6.45, 7) is 1.51. The SMILES string of the molecule is Cc1ncccc1NS(=O)(=O)c1cc(CO)n(C)c1. The third kappa shape index (κ3) is 2.77. The second kappa shape index (κ2) is 5.02. The molecule has 2 N–H and O–H groups in total. The molecule has 0 aliphatic carbocycles. The van der Waals surface area contributed by atoms with Gasteiger partial charge in [0.2, 0.25) is 0 Å². The Labute approximate surface area is 111 Å². The fourth-order valence-electron chi connectivity index (χ4n) is 1.68. The Morgan fingerprint density at radius 1 is 1.47 bits per heavy atom. The van der Waals surface area contributed by atoms with Gasteiger partial charge in [0.05, 0.1) is 18.0 Å². The third-order valence-electron chi connectivity index (χ3n) is 2.81. The van der Waals surface area contributed by atoms with Crippen molar-refractivity contribution in [3.63, 3.8) is 0 Å². The van der Waals surface area contributed by atoms with Gasteiger partial charge < -0.3 is 9.67 Å². The summed E-state index contributed by atoms with van der Waals surface area (Å²) in [5.74, 6) is 0. The minimum Gasteiger partial charge on any atom is -0.390 e. The maximum Gasteiger partial charge on any atom is 0.263 e. The lowest BCUT2D eigenvalue weighted by molar-refractivity contribution is 0.272. The first-order valence-electron chi connectivity index (χ1n) is 5.64. The van der Waals surface area contributed by atoms with Crippen molar-refractivity contribution >= 4 is 15.7 Å². The number of hydrogen-bond donors (Lipinski definition) is 2. The van der Waals surface area contributed by atoms with Gasteiger partial charge in [-0.05, 0) is 25.1 Å². The van der Waals surface area contributed by atoms with E-state index in [-0.39, 0.29) is 11.5 Å². The molecule has 0 amide bonds. The highest BCUT2D eigenvalue weighted by Gasteiger charge is 2.18. The van der Waals surface area contributed by atoms with Gasteiger partial charge in [0, 0.05) is 25.1 Å². The molecular weight excluding hydrogens is 266 g/mol. The van der Waals surface area contributed by atoms with E-state index in [2.05, 4.69) is 9.71 Å². The van der Waals surface area contributed by atoms with Gasteiger partial charge in [-0.1, -0.05) is 0 Å². The Morgan fingerprint density at radius 2 is 2.21 bits per heavy atom. The minimum atomic E-state index is -3.67. The molecule has 2 aromatic heterocycles. The summed E-state index contributed by atoms with van der Waals surface area (Å²) < 4.78 is 28.5. The number of nitrogens with zero attached hydrogens (tertiary/aromatic N) is 2. The van der Waals surface area contributed by atoms with Crippen LogP contribution in [0.1, 0.15) is 11.4 Å². The van der Waals surface area contributed by atoms with Gasteiger partial charge in [0.1, 0.15) is 4.90 Å². The molecule has 0 spiro atoms. The van der Waals surface area contributed by atoms with E-state index in [1.165, 1.54) is 12.3 Å². The third-order valence-corrected chi connectivity index (χ3v) is 4.14. The molecule has 0 aliphatic heterocycles. The predicted octanol–water partition coefficient (Wildman–Crippen LogP) is 1.02. The molecule has 7 heteroatoms. The predicted molar refractivity (Wildman–Crippen MR) is 71.1 cm³/mol. The zero-order valence-electron chi connectivity index (χ0n) is 10.7. The molecule has 0 radical (unpaired) electrons. The number of aliphatic hydroxyl groups excluding tert-OH is 1. The first kappa shape index (κ1) is 13.6. The summed E-state index contributed by atoms with van der Waals surface area (Å²) in [5, 5.41) is 9.09. The van der Waals surface area contributed by atoms with Crippen molar-refractivity contribution in [1.29, 1.82) is 0 Å². The average Bonchev–Trinajstić information content (AvgIpc) is 2.74. The van der Waals surface area contributed by atoms with Crippen LogP contribution in [0, 0.1) is 6.92 Å². The summed E-state index contributed by atoms with van der Waals surface area (Å²) in [4.78, 5) is 4.14. The molecule has 0 bridgehead atoms. The first-order valence-corrected chi connectivity index (χ1v) is 7.13. The van der Waals surface area contributed by atoms with E-state index >= 15 is 0 Å². The molecular formula is C12H15N3O3S. The highest BCUT2D eigenvalue weighted by atomic mass is 32.2. The zero-order chi connectivity index (χ0) is 14.0. The van der Waals surface area contributed by atoms with Crippen molar-refractivity contribution in [2.75, 3.05) is 4.72 Å². The molecule has 2 rings (SSSR count). The van der Waals surface area contributed by atoms with Gasteiger partial charge in [-0.25, -0.2) is 8.42 Å². The van der Waals surface area contributed by atoms with Crippen LogP contribution in [0.2, 0.25) is 0 Å². The molecule has 6 nitrogen and oxygen atoms in total. The lowest BCUT2D eigenvalue weighted by Gasteiger charge is -2.08. The van der Waals surface area contributed by atoms with Crippen LogP contribution in [0.25, 0.3) is 0 Å². The molecule has 2 heterocycles. The highest BCUT2D eigenvalue weighted by Crippen LogP contribution is 2.19. The Balaban J connectivity index is 2.35. The van der Waals surface area contributed by atoms with E-state index < -0.39 is 10.0 Å². The van der Waals surface area contributed by atoms with E-state index in [1.54, 1.807) is 36.9 Å². The topological polar surface area (TPSA) is 84.2 Å². The summed E-state index contributed by atoms with van der Waals surface area (Å²) in [7, 11) is -1.99. The monoisotopic (exact) mass is 281 g/mol. The van der Waals surface area contributed by atoms with Crippen molar-refractivity contribution < 1.29 is 13.5 Å². The number of pyridine rings is 1. The summed E-state index contributed by atoms with van der Waals surface area (Å²) in [5.41, 5.74) is 1.57. The number of aliphatic hydroxyl groups is 1. The van der Waals surface area contributed by atoms with Gasteiger partial charge >= 0.3 is 0 Å². The van der Waals surface area contributed by atoms with Crippen LogP contribution in [0.15, 0.2) is 35.5 Å². The normalized spacial score (nSPS) is 11.5. The minimum absolute atomic E-state index is 0.113. The van der Waals surface area contributed by atoms with Crippen LogP contribution in [-0.2, 0) is 23.7 Å². The number of hydrogen-bond acceptors (Lipinski definition) is 4. The van der Waals surface area contributed by atoms with E-state index in [4.69, 9.17) is 5.11 Å². The fourth-order valence-corrected chi connectivity index (χ4v) is 2.89. The molecule has 19 heavy (non-hydrogen) atoms. The molecule has 0 aliphatic rings. The van der Waals surface area contributed by atoms with Crippen molar-refractivity contribution in [2.24, 2.45) is 7.05 Å². The molecule has 0 unspecified atom stereocenters. The van der Waals surface area contributed by atoms with Crippen molar-refractivity contribution in [3.8, 4) is 0 Å². The number of aromatic nitrogens is 2. The summed E-state index contributed by atoms with van der Waals surface area (Å²) >= 11 is 0. The van der Waals surface area contributed by atoms with Crippen LogP contribution in [-0.4, -0.2) is 23.1 Å². The van der Waals surface area contributed by atoms with E-state index in [0.29, 0.717) is 17.1 Å².